The molecule has 3 rings (SSSR count). The normalized spacial score (nSPS) is 10.3. The zero-order valence-electron chi connectivity index (χ0n) is 14.2. The molecule has 0 atom stereocenters. The largest absolute Gasteiger partial charge is 0.431 e. The molecule has 0 bridgehead atoms. The summed E-state index contributed by atoms with van der Waals surface area (Å²) in [5.74, 6) is -1.11. The highest BCUT2D eigenvalue weighted by Crippen LogP contribution is 2.17. The number of carbonyl (C=O) groups excluding carboxylic acids is 3. The average Bonchev–Trinajstić information content (AvgIpc) is 3.32. The van der Waals surface area contributed by atoms with E-state index in [4.69, 9.17) is 4.42 Å². The van der Waals surface area contributed by atoms with Crippen LogP contribution in [0.25, 0.3) is 0 Å². The number of thiazole rings is 1. The topological polar surface area (TPSA) is 126 Å². The van der Waals surface area contributed by atoms with Gasteiger partial charge in [0, 0.05) is 18.0 Å². The fraction of sp³-hybridized carbons (Fsp3) is 0.118. The first-order valence-corrected chi connectivity index (χ1v) is 8.71. The molecule has 2 heterocycles. The van der Waals surface area contributed by atoms with E-state index in [2.05, 4.69) is 25.9 Å². The minimum atomic E-state index is -0.542. The first-order valence-electron chi connectivity index (χ1n) is 7.83. The molecule has 1 aromatic carbocycles. The molecule has 0 aliphatic carbocycles. The van der Waals surface area contributed by atoms with E-state index >= 15 is 0 Å². The smallest absolute Gasteiger partial charge is 0.302 e. The lowest BCUT2D eigenvalue weighted by atomic mass is 10.2. The van der Waals surface area contributed by atoms with Crippen LogP contribution in [0.5, 0.6) is 0 Å². The van der Waals surface area contributed by atoms with Gasteiger partial charge in [-0.15, -0.1) is 11.3 Å². The molecule has 2 aromatic heterocycles. The standard InChI is InChI=1S/C17H15N5O4S/c1-18-13(23)7-11-9-27-17(19-11)22-15(25)12-8-26-16(20-12)21-14(24)10-5-3-2-4-6-10/h2-6,8-9H,7H2,1H3,(H,18,23)(H,19,22,25)(H,20,21,24). The van der Waals surface area contributed by atoms with Crippen LogP contribution < -0.4 is 16.0 Å². The molecule has 9 nitrogen and oxygen atoms in total. The van der Waals surface area contributed by atoms with Crippen LogP contribution in [0.1, 0.15) is 26.5 Å². The third-order valence-corrected chi connectivity index (χ3v) is 4.19. The van der Waals surface area contributed by atoms with Crippen molar-refractivity contribution in [3.8, 4) is 0 Å². The number of nitrogens with zero attached hydrogens (tertiary/aromatic N) is 2. The lowest BCUT2D eigenvalue weighted by Crippen LogP contribution is -2.20. The van der Waals surface area contributed by atoms with E-state index in [1.165, 1.54) is 18.4 Å². The van der Waals surface area contributed by atoms with E-state index in [0.29, 0.717) is 16.4 Å². The Morgan fingerprint density at radius 1 is 1.07 bits per heavy atom. The number of benzene rings is 1. The summed E-state index contributed by atoms with van der Waals surface area (Å²) in [5.41, 5.74) is 0.972. The fourth-order valence-electron chi connectivity index (χ4n) is 2.05. The summed E-state index contributed by atoms with van der Waals surface area (Å²) >= 11 is 1.19. The Hall–Kier alpha value is -3.53. The van der Waals surface area contributed by atoms with E-state index < -0.39 is 11.8 Å². The zero-order chi connectivity index (χ0) is 19.2. The number of hydrogen-bond acceptors (Lipinski definition) is 7. The summed E-state index contributed by atoms with van der Waals surface area (Å²) < 4.78 is 5.11. The molecule has 0 spiro atoms. The van der Waals surface area contributed by atoms with Crippen molar-refractivity contribution in [3.05, 3.63) is 58.9 Å². The molecule has 138 valence electrons. The monoisotopic (exact) mass is 385 g/mol. The Morgan fingerprint density at radius 3 is 2.59 bits per heavy atom. The quantitative estimate of drug-likeness (QED) is 0.595. The summed E-state index contributed by atoms with van der Waals surface area (Å²) in [4.78, 5) is 43.7. The van der Waals surface area contributed by atoms with Crippen LogP contribution in [0.15, 0.2) is 46.4 Å². The Bertz CT molecular complexity index is 967. The van der Waals surface area contributed by atoms with Crippen LogP contribution in [0, 0.1) is 0 Å². The molecule has 0 unspecified atom stereocenters. The highest BCUT2D eigenvalue weighted by atomic mass is 32.1. The summed E-state index contributed by atoms with van der Waals surface area (Å²) in [5, 5.41) is 9.56. The van der Waals surface area contributed by atoms with E-state index in [0.717, 1.165) is 6.26 Å². The van der Waals surface area contributed by atoms with Crippen molar-refractivity contribution in [2.24, 2.45) is 0 Å². The van der Waals surface area contributed by atoms with Gasteiger partial charge in [0.05, 0.1) is 12.1 Å². The van der Waals surface area contributed by atoms with Crippen molar-refractivity contribution in [2.75, 3.05) is 17.7 Å². The Kier molecular flexibility index (Phi) is 5.57. The van der Waals surface area contributed by atoms with Crippen molar-refractivity contribution >= 4 is 40.2 Å². The molecular formula is C17H15N5O4S. The second-order valence-electron chi connectivity index (χ2n) is 5.31. The molecule has 0 saturated carbocycles. The highest BCUT2D eigenvalue weighted by Gasteiger charge is 2.16. The van der Waals surface area contributed by atoms with Crippen molar-refractivity contribution in [1.82, 2.24) is 15.3 Å². The minimum Gasteiger partial charge on any atom is -0.431 e. The number of nitrogens with one attached hydrogen (secondary N) is 3. The predicted octanol–water partition coefficient (Wildman–Crippen LogP) is 1.92. The third kappa shape index (κ3) is 4.76. The SMILES string of the molecule is CNC(=O)Cc1csc(NC(=O)c2coc(NC(=O)c3ccccc3)n2)n1. The Labute approximate surface area is 157 Å². The number of amides is 3. The maximum atomic E-state index is 12.2. The molecule has 27 heavy (non-hydrogen) atoms. The number of anilines is 2. The summed E-state index contributed by atoms with van der Waals surface area (Å²) in [7, 11) is 1.54. The molecule has 3 aromatic rings. The Balaban J connectivity index is 1.60. The predicted molar refractivity (Wildman–Crippen MR) is 98.7 cm³/mol. The van der Waals surface area contributed by atoms with Crippen LogP contribution in [-0.4, -0.2) is 34.7 Å². The molecule has 10 heteroatoms. The number of likely N-dealkylation sites (N-methyl/N-ethyl adjacent to an activating group) is 1. The van der Waals surface area contributed by atoms with Gasteiger partial charge < -0.3 is 9.73 Å². The van der Waals surface area contributed by atoms with Gasteiger partial charge in [-0.1, -0.05) is 18.2 Å². The van der Waals surface area contributed by atoms with Crippen LogP contribution in [-0.2, 0) is 11.2 Å². The molecule has 3 N–H and O–H groups in total. The number of hydrogen-bond donors (Lipinski definition) is 3. The Morgan fingerprint density at radius 2 is 1.85 bits per heavy atom. The third-order valence-electron chi connectivity index (χ3n) is 3.39. The van der Waals surface area contributed by atoms with Gasteiger partial charge in [0.15, 0.2) is 10.8 Å². The lowest BCUT2D eigenvalue weighted by molar-refractivity contribution is -0.120. The molecule has 3 amide bonds. The maximum Gasteiger partial charge on any atom is 0.302 e. The second-order valence-corrected chi connectivity index (χ2v) is 6.16. The molecule has 0 aliphatic rings. The lowest BCUT2D eigenvalue weighted by Gasteiger charge is -2.00. The molecule has 0 radical (unpaired) electrons. The number of rotatable bonds is 6. The zero-order valence-corrected chi connectivity index (χ0v) is 15.0. The number of carbonyl (C=O) groups is 3. The van der Waals surface area contributed by atoms with Gasteiger partial charge in [0.2, 0.25) is 5.91 Å². The van der Waals surface area contributed by atoms with Crippen LogP contribution in [0.2, 0.25) is 0 Å². The number of aromatic nitrogens is 2. The van der Waals surface area contributed by atoms with Crippen molar-refractivity contribution in [1.29, 1.82) is 0 Å². The van der Waals surface area contributed by atoms with E-state index in [9.17, 15) is 14.4 Å². The molecule has 0 saturated heterocycles. The second kappa shape index (κ2) is 8.23. The van der Waals surface area contributed by atoms with Crippen molar-refractivity contribution in [3.63, 3.8) is 0 Å². The van der Waals surface area contributed by atoms with E-state index in [1.54, 1.807) is 35.7 Å². The summed E-state index contributed by atoms with van der Waals surface area (Å²) in [6.07, 6.45) is 1.26. The van der Waals surface area contributed by atoms with Crippen molar-refractivity contribution < 1.29 is 18.8 Å². The number of oxazole rings is 1. The van der Waals surface area contributed by atoms with Crippen LogP contribution >= 0.6 is 11.3 Å². The first kappa shape index (κ1) is 18.3. The van der Waals surface area contributed by atoms with Crippen molar-refractivity contribution in [2.45, 2.75) is 6.42 Å². The highest BCUT2D eigenvalue weighted by molar-refractivity contribution is 7.14. The van der Waals surface area contributed by atoms with Gasteiger partial charge in [0.25, 0.3) is 11.8 Å². The average molecular weight is 385 g/mol. The van der Waals surface area contributed by atoms with Gasteiger partial charge in [-0.25, -0.2) is 4.98 Å². The summed E-state index contributed by atoms with van der Waals surface area (Å²) in [6, 6.07) is 8.46. The molecular weight excluding hydrogens is 370 g/mol. The first-order chi connectivity index (χ1) is 13.0. The van der Waals surface area contributed by atoms with E-state index in [1.807, 2.05) is 0 Å². The van der Waals surface area contributed by atoms with E-state index in [-0.39, 0.29) is 24.0 Å². The van der Waals surface area contributed by atoms with Gasteiger partial charge in [-0.3, -0.25) is 25.0 Å². The van der Waals surface area contributed by atoms with Gasteiger partial charge in [-0.2, -0.15) is 4.98 Å². The van der Waals surface area contributed by atoms with Crippen LogP contribution in [0.4, 0.5) is 11.1 Å². The molecule has 0 fully saturated rings. The van der Waals surface area contributed by atoms with Crippen LogP contribution in [0.3, 0.4) is 0 Å². The van der Waals surface area contributed by atoms with Gasteiger partial charge >= 0.3 is 6.01 Å². The minimum absolute atomic E-state index is 0.0126. The maximum absolute atomic E-state index is 12.2. The van der Waals surface area contributed by atoms with Gasteiger partial charge in [0.1, 0.15) is 6.26 Å². The van der Waals surface area contributed by atoms with Gasteiger partial charge in [-0.05, 0) is 12.1 Å². The molecule has 0 aliphatic heterocycles. The summed E-state index contributed by atoms with van der Waals surface area (Å²) in [6.45, 7) is 0. The fourth-order valence-corrected chi connectivity index (χ4v) is 2.76.